The summed E-state index contributed by atoms with van der Waals surface area (Å²) in [6, 6.07) is 24.0. The van der Waals surface area contributed by atoms with Crippen LogP contribution in [0, 0.1) is 0 Å². The molecule has 0 bridgehead atoms. The molecular formula is C27H28N2O3. The van der Waals surface area contributed by atoms with E-state index in [1.165, 1.54) is 0 Å². The van der Waals surface area contributed by atoms with Gasteiger partial charge in [0.25, 0.3) is 0 Å². The summed E-state index contributed by atoms with van der Waals surface area (Å²) in [7, 11) is 1.66. The molecule has 4 aromatic rings. The highest BCUT2D eigenvalue weighted by Crippen LogP contribution is 2.29. The van der Waals surface area contributed by atoms with Gasteiger partial charge in [-0.25, -0.2) is 4.98 Å². The Hall–Kier alpha value is -3.73. The fourth-order valence-electron chi connectivity index (χ4n) is 3.65. The Labute approximate surface area is 188 Å². The molecule has 0 amide bonds. The molecule has 0 aliphatic carbocycles. The fourth-order valence-corrected chi connectivity index (χ4v) is 3.65. The SMILES string of the molecule is C/C=C/c1ccc(OCCCn2c(COc3ccccc3)nc3ccccc32)c(OC)c1. The summed E-state index contributed by atoms with van der Waals surface area (Å²) in [6.45, 7) is 3.77. The lowest BCUT2D eigenvalue weighted by Crippen LogP contribution is -2.10. The predicted octanol–water partition coefficient (Wildman–Crippen LogP) is 6.13. The van der Waals surface area contributed by atoms with Crippen molar-refractivity contribution in [3.8, 4) is 17.2 Å². The van der Waals surface area contributed by atoms with Crippen LogP contribution in [0.25, 0.3) is 17.1 Å². The summed E-state index contributed by atoms with van der Waals surface area (Å²) in [6.07, 6.45) is 4.87. The van der Waals surface area contributed by atoms with Gasteiger partial charge in [-0.2, -0.15) is 0 Å². The smallest absolute Gasteiger partial charge is 0.161 e. The molecule has 3 aromatic carbocycles. The molecule has 0 atom stereocenters. The number of para-hydroxylation sites is 3. The molecule has 0 unspecified atom stereocenters. The van der Waals surface area contributed by atoms with Crippen LogP contribution in [0.5, 0.6) is 17.2 Å². The third-order valence-corrected chi connectivity index (χ3v) is 5.18. The molecule has 5 heteroatoms. The molecule has 0 radical (unpaired) electrons. The molecule has 32 heavy (non-hydrogen) atoms. The van der Waals surface area contributed by atoms with E-state index in [-0.39, 0.29) is 0 Å². The van der Waals surface area contributed by atoms with Gasteiger partial charge in [-0.15, -0.1) is 0 Å². The van der Waals surface area contributed by atoms with Crippen molar-refractivity contribution in [2.24, 2.45) is 0 Å². The highest BCUT2D eigenvalue weighted by molar-refractivity contribution is 5.75. The highest BCUT2D eigenvalue weighted by atomic mass is 16.5. The first-order chi connectivity index (χ1) is 15.8. The summed E-state index contributed by atoms with van der Waals surface area (Å²) in [5.74, 6) is 3.24. The van der Waals surface area contributed by atoms with E-state index in [4.69, 9.17) is 19.2 Å². The second kappa shape index (κ2) is 10.5. The third kappa shape index (κ3) is 5.11. The van der Waals surface area contributed by atoms with Crippen molar-refractivity contribution >= 4 is 17.1 Å². The second-order valence-corrected chi connectivity index (χ2v) is 7.38. The van der Waals surface area contributed by atoms with E-state index in [0.29, 0.717) is 13.2 Å². The summed E-state index contributed by atoms with van der Waals surface area (Å²) in [4.78, 5) is 4.79. The Balaban J connectivity index is 1.42. The summed E-state index contributed by atoms with van der Waals surface area (Å²) < 4.78 is 19.7. The summed E-state index contributed by atoms with van der Waals surface area (Å²) >= 11 is 0. The standard InChI is InChI=1S/C27H28N2O3/c1-3-10-21-15-16-25(26(19-21)30-2)31-18-9-17-29-24-14-8-7-13-23(24)28-27(29)20-32-22-11-5-4-6-12-22/h3-8,10-16,19H,9,17-18,20H2,1-2H3/b10-3+. The predicted molar refractivity (Wildman–Crippen MR) is 128 cm³/mol. The van der Waals surface area contributed by atoms with Crippen molar-refractivity contribution in [1.29, 1.82) is 0 Å². The third-order valence-electron chi connectivity index (χ3n) is 5.18. The van der Waals surface area contributed by atoms with Crippen LogP contribution in [0.15, 0.2) is 78.9 Å². The van der Waals surface area contributed by atoms with Gasteiger partial charge >= 0.3 is 0 Å². The first-order valence-corrected chi connectivity index (χ1v) is 10.8. The van der Waals surface area contributed by atoms with Gasteiger partial charge in [0.15, 0.2) is 11.5 Å². The number of imidazole rings is 1. The van der Waals surface area contributed by atoms with Gasteiger partial charge < -0.3 is 18.8 Å². The minimum absolute atomic E-state index is 0.416. The lowest BCUT2D eigenvalue weighted by atomic mass is 10.2. The normalized spacial score (nSPS) is 11.2. The number of allylic oxidation sites excluding steroid dienone is 1. The Morgan fingerprint density at radius 2 is 1.72 bits per heavy atom. The van der Waals surface area contributed by atoms with Gasteiger partial charge in [0.05, 0.1) is 24.8 Å². The van der Waals surface area contributed by atoms with Crippen LogP contribution in [0.3, 0.4) is 0 Å². The van der Waals surface area contributed by atoms with Crippen molar-refractivity contribution in [3.05, 3.63) is 90.3 Å². The Morgan fingerprint density at radius 3 is 2.53 bits per heavy atom. The van der Waals surface area contributed by atoms with Crippen molar-refractivity contribution in [3.63, 3.8) is 0 Å². The van der Waals surface area contributed by atoms with E-state index >= 15 is 0 Å². The lowest BCUT2D eigenvalue weighted by Gasteiger charge is -2.13. The van der Waals surface area contributed by atoms with Gasteiger partial charge in [0.1, 0.15) is 18.2 Å². The first kappa shape index (κ1) is 21.5. The fraction of sp³-hybridized carbons (Fsp3) is 0.222. The summed E-state index contributed by atoms with van der Waals surface area (Å²) in [5.41, 5.74) is 3.17. The molecule has 0 fully saturated rings. The van der Waals surface area contributed by atoms with Crippen LogP contribution in [-0.2, 0) is 13.2 Å². The average molecular weight is 429 g/mol. The zero-order valence-corrected chi connectivity index (χ0v) is 18.5. The number of nitrogens with zero attached hydrogens (tertiary/aromatic N) is 2. The van der Waals surface area contributed by atoms with E-state index in [2.05, 4.69) is 10.6 Å². The minimum Gasteiger partial charge on any atom is -0.493 e. The summed E-state index contributed by atoms with van der Waals surface area (Å²) in [5, 5.41) is 0. The lowest BCUT2D eigenvalue weighted by molar-refractivity contribution is 0.273. The Bertz CT molecular complexity index is 1180. The quantitative estimate of drug-likeness (QED) is 0.285. The molecule has 0 saturated carbocycles. The molecule has 0 aliphatic heterocycles. The maximum atomic E-state index is 6.03. The van der Waals surface area contributed by atoms with Crippen LogP contribution >= 0.6 is 0 Å². The van der Waals surface area contributed by atoms with Gasteiger partial charge in [-0.3, -0.25) is 0 Å². The topological polar surface area (TPSA) is 45.5 Å². The number of hydrogen-bond donors (Lipinski definition) is 0. The number of aromatic nitrogens is 2. The number of methoxy groups -OCH3 is 1. The van der Waals surface area contributed by atoms with Crippen LogP contribution in [0.2, 0.25) is 0 Å². The number of hydrogen-bond acceptors (Lipinski definition) is 4. The number of aryl methyl sites for hydroxylation is 1. The molecular weight excluding hydrogens is 400 g/mol. The maximum Gasteiger partial charge on any atom is 0.161 e. The number of ether oxygens (including phenoxy) is 3. The Kier molecular flexibility index (Phi) is 7.08. The molecule has 5 nitrogen and oxygen atoms in total. The zero-order chi connectivity index (χ0) is 22.2. The largest absolute Gasteiger partial charge is 0.493 e. The second-order valence-electron chi connectivity index (χ2n) is 7.38. The van der Waals surface area contributed by atoms with Crippen LogP contribution in [-0.4, -0.2) is 23.3 Å². The van der Waals surface area contributed by atoms with Gasteiger partial charge in [0.2, 0.25) is 0 Å². The molecule has 0 spiro atoms. The number of rotatable bonds is 10. The molecule has 0 aliphatic rings. The van der Waals surface area contributed by atoms with Crippen LogP contribution in [0.4, 0.5) is 0 Å². The van der Waals surface area contributed by atoms with Crippen molar-refractivity contribution in [2.75, 3.05) is 13.7 Å². The van der Waals surface area contributed by atoms with E-state index in [1.807, 2.05) is 85.8 Å². The number of fused-ring (bicyclic) bond motifs is 1. The van der Waals surface area contributed by atoms with Crippen LogP contribution in [0.1, 0.15) is 24.7 Å². The van der Waals surface area contributed by atoms with Crippen molar-refractivity contribution < 1.29 is 14.2 Å². The van der Waals surface area contributed by atoms with E-state index in [9.17, 15) is 0 Å². The highest BCUT2D eigenvalue weighted by Gasteiger charge is 2.11. The van der Waals surface area contributed by atoms with E-state index in [0.717, 1.165) is 52.6 Å². The number of benzene rings is 3. The molecule has 0 saturated heterocycles. The maximum absolute atomic E-state index is 6.03. The zero-order valence-electron chi connectivity index (χ0n) is 18.5. The van der Waals surface area contributed by atoms with Crippen LogP contribution < -0.4 is 14.2 Å². The van der Waals surface area contributed by atoms with Gasteiger partial charge in [0, 0.05) is 6.54 Å². The molecule has 0 N–H and O–H groups in total. The minimum atomic E-state index is 0.416. The average Bonchev–Trinajstić information content (AvgIpc) is 3.19. The van der Waals surface area contributed by atoms with Crippen molar-refractivity contribution in [2.45, 2.75) is 26.5 Å². The van der Waals surface area contributed by atoms with Crippen molar-refractivity contribution in [1.82, 2.24) is 9.55 Å². The molecule has 1 heterocycles. The van der Waals surface area contributed by atoms with Gasteiger partial charge in [-0.1, -0.05) is 48.6 Å². The Morgan fingerprint density at radius 1 is 0.906 bits per heavy atom. The monoisotopic (exact) mass is 428 g/mol. The van der Waals surface area contributed by atoms with E-state index < -0.39 is 0 Å². The molecule has 164 valence electrons. The first-order valence-electron chi connectivity index (χ1n) is 10.8. The van der Waals surface area contributed by atoms with E-state index in [1.54, 1.807) is 7.11 Å². The molecule has 4 rings (SSSR count). The molecule has 1 aromatic heterocycles. The van der Waals surface area contributed by atoms with Gasteiger partial charge in [-0.05, 0) is 55.3 Å².